The summed E-state index contributed by atoms with van der Waals surface area (Å²) < 4.78 is 109. The zero-order valence-corrected chi connectivity index (χ0v) is 23.3. The molecule has 13 heteroatoms. The fraction of sp³-hybridized carbons (Fsp3) is 0.536. The molecule has 0 bridgehead atoms. The number of carbonyl (C=O) groups excluding carboxylic acids is 1. The SMILES string of the molecule is O=C(C1CCCCC1)N1CCC2(S(=O)(=O)c3ccc(Cl)cc3)c3ccc(C(O)(C(F)(F)F)C(F)(F)F)cc3CCC12. The van der Waals surface area contributed by atoms with Gasteiger partial charge >= 0.3 is 12.4 Å². The highest BCUT2D eigenvalue weighted by molar-refractivity contribution is 7.92. The van der Waals surface area contributed by atoms with Gasteiger partial charge in [-0.2, -0.15) is 26.3 Å². The molecule has 1 N–H and O–H groups in total. The molecule has 2 aromatic rings. The molecule has 0 aromatic heterocycles. The van der Waals surface area contributed by atoms with Crippen molar-refractivity contribution in [2.75, 3.05) is 6.54 Å². The fourth-order valence-corrected chi connectivity index (χ4v) is 9.41. The number of aryl methyl sites for hydroxylation is 1. The summed E-state index contributed by atoms with van der Waals surface area (Å²) in [6.07, 6.45) is -8.23. The highest BCUT2D eigenvalue weighted by Crippen LogP contribution is 2.55. The van der Waals surface area contributed by atoms with Crippen molar-refractivity contribution < 1.29 is 44.7 Å². The summed E-state index contributed by atoms with van der Waals surface area (Å²) in [5.74, 6) is -0.443. The summed E-state index contributed by atoms with van der Waals surface area (Å²) in [6.45, 7) is 0.0725. The van der Waals surface area contributed by atoms with Crippen molar-refractivity contribution in [3.8, 4) is 0 Å². The Balaban J connectivity index is 1.68. The maximum Gasteiger partial charge on any atom is 0.430 e. The number of nitrogens with zero attached hydrogens (tertiary/aromatic N) is 1. The molecule has 1 aliphatic heterocycles. The number of sulfone groups is 1. The first-order valence-electron chi connectivity index (χ1n) is 13.4. The third kappa shape index (κ3) is 4.55. The molecule has 224 valence electrons. The first kappa shape index (κ1) is 30.2. The zero-order chi connectivity index (χ0) is 30.0. The van der Waals surface area contributed by atoms with Gasteiger partial charge < -0.3 is 10.0 Å². The Kier molecular flexibility index (Phi) is 7.47. The first-order chi connectivity index (χ1) is 19.1. The van der Waals surface area contributed by atoms with Crippen LogP contribution in [0.4, 0.5) is 26.3 Å². The molecular formula is C28H28ClF6NO4S. The number of alkyl halides is 6. The van der Waals surface area contributed by atoms with Crippen LogP contribution < -0.4 is 0 Å². The number of hydrogen-bond acceptors (Lipinski definition) is 4. The van der Waals surface area contributed by atoms with Crippen molar-refractivity contribution in [1.29, 1.82) is 0 Å². The Morgan fingerprint density at radius 3 is 2.12 bits per heavy atom. The van der Waals surface area contributed by atoms with Crippen LogP contribution in [0.5, 0.6) is 0 Å². The lowest BCUT2D eigenvalue weighted by Crippen LogP contribution is -2.55. The lowest BCUT2D eigenvalue weighted by Gasteiger charge is -2.44. The van der Waals surface area contributed by atoms with Crippen LogP contribution in [0, 0.1) is 5.92 Å². The molecule has 2 fully saturated rings. The molecule has 0 spiro atoms. The second kappa shape index (κ2) is 10.2. The maximum absolute atomic E-state index is 14.4. The summed E-state index contributed by atoms with van der Waals surface area (Å²) in [5, 5.41) is 10.3. The Bertz CT molecular complexity index is 1420. The quantitative estimate of drug-likeness (QED) is 0.398. The van der Waals surface area contributed by atoms with Crippen molar-refractivity contribution in [3.05, 3.63) is 64.2 Å². The van der Waals surface area contributed by atoms with Crippen molar-refractivity contribution >= 4 is 27.3 Å². The van der Waals surface area contributed by atoms with Gasteiger partial charge in [-0.1, -0.05) is 49.1 Å². The van der Waals surface area contributed by atoms with Gasteiger partial charge in [0.1, 0.15) is 4.75 Å². The standard InChI is InChI=1S/C28H28ClF6NO4S/c29-20-8-10-21(11-9-20)41(39,40)25-14-15-36(24(37)17-4-2-1-3-5-17)23(25)13-6-18-16-19(7-12-22(18)25)26(38,27(30,31)32)28(33,34)35/h7-12,16-17,23,38H,1-6,13-15H2. The Labute approximate surface area is 238 Å². The van der Waals surface area contributed by atoms with Gasteiger partial charge in [0.25, 0.3) is 5.60 Å². The molecule has 3 aliphatic rings. The minimum absolute atomic E-state index is 0.0121. The molecule has 1 amide bonds. The van der Waals surface area contributed by atoms with Gasteiger partial charge in [-0.15, -0.1) is 0 Å². The summed E-state index contributed by atoms with van der Waals surface area (Å²) in [6, 6.07) is 6.51. The van der Waals surface area contributed by atoms with Crippen LogP contribution in [0.25, 0.3) is 0 Å². The van der Waals surface area contributed by atoms with E-state index in [1.54, 1.807) is 4.90 Å². The van der Waals surface area contributed by atoms with E-state index in [1.807, 2.05) is 0 Å². The Morgan fingerprint density at radius 1 is 0.927 bits per heavy atom. The van der Waals surface area contributed by atoms with Crippen molar-refractivity contribution in [2.24, 2.45) is 5.92 Å². The number of carbonyl (C=O) groups is 1. The average Bonchev–Trinajstić information content (AvgIpc) is 3.33. The molecule has 0 radical (unpaired) electrons. The second-order valence-electron chi connectivity index (χ2n) is 11.1. The molecule has 5 nitrogen and oxygen atoms in total. The largest absolute Gasteiger partial charge is 0.430 e. The topological polar surface area (TPSA) is 74.7 Å². The van der Waals surface area contributed by atoms with Crippen LogP contribution in [0.3, 0.4) is 0 Å². The molecule has 5 rings (SSSR count). The van der Waals surface area contributed by atoms with Gasteiger partial charge in [-0.25, -0.2) is 8.42 Å². The van der Waals surface area contributed by atoms with Gasteiger partial charge in [0, 0.05) is 23.0 Å². The van der Waals surface area contributed by atoms with Gasteiger partial charge in [-0.3, -0.25) is 4.79 Å². The van der Waals surface area contributed by atoms with E-state index in [4.69, 9.17) is 11.6 Å². The maximum atomic E-state index is 14.4. The molecule has 2 unspecified atom stereocenters. The van der Waals surface area contributed by atoms with Crippen molar-refractivity contribution in [2.45, 2.75) is 85.0 Å². The summed E-state index contributed by atoms with van der Waals surface area (Å²) in [4.78, 5) is 15.1. The third-order valence-corrected chi connectivity index (χ3v) is 11.8. The highest BCUT2D eigenvalue weighted by Gasteiger charge is 2.72. The van der Waals surface area contributed by atoms with E-state index < -0.39 is 44.1 Å². The van der Waals surface area contributed by atoms with Gasteiger partial charge in [0.15, 0.2) is 9.84 Å². The number of amides is 1. The minimum atomic E-state index is -6.08. The van der Waals surface area contributed by atoms with E-state index in [1.165, 1.54) is 24.3 Å². The van der Waals surface area contributed by atoms with Crippen LogP contribution in [-0.2, 0) is 31.4 Å². The summed E-state index contributed by atoms with van der Waals surface area (Å²) in [5.41, 5.74) is -6.60. The molecule has 1 saturated heterocycles. The second-order valence-corrected chi connectivity index (χ2v) is 13.7. The van der Waals surface area contributed by atoms with Crippen LogP contribution >= 0.6 is 11.6 Å². The van der Waals surface area contributed by atoms with E-state index in [0.717, 1.165) is 25.3 Å². The lowest BCUT2D eigenvalue weighted by molar-refractivity contribution is -0.376. The van der Waals surface area contributed by atoms with Gasteiger partial charge in [0.05, 0.1) is 10.9 Å². The molecule has 41 heavy (non-hydrogen) atoms. The van der Waals surface area contributed by atoms with Crippen molar-refractivity contribution in [1.82, 2.24) is 4.90 Å². The van der Waals surface area contributed by atoms with Crippen molar-refractivity contribution in [3.63, 3.8) is 0 Å². The number of likely N-dealkylation sites (tertiary alicyclic amines) is 1. The van der Waals surface area contributed by atoms with E-state index in [0.29, 0.717) is 25.0 Å². The van der Waals surface area contributed by atoms with E-state index in [2.05, 4.69) is 0 Å². The molecule has 2 aromatic carbocycles. The number of rotatable bonds is 4. The Morgan fingerprint density at radius 2 is 1.54 bits per heavy atom. The minimum Gasteiger partial charge on any atom is -0.369 e. The number of halogens is 7. The van der Waals surface area contributed by atoms with E-state index in [-0.39, 0.29) is 58.7 Å². The molecule has 1 saturated carbocycles. The van der Waals surface area contributed by atoms with E-state index >= 15 is 0 Å². The normalized spacial score (nSPS) is 24.2. The van der Waals surface area contributed by atoms with Gasteiger partial charge in [-0.05, 0) is 67.5 Å². The summed E-state index contributed by atoms with van der Waals surface area (Å²) in [7, 11) is -4.35. The highest BCUT2D eigenvalue weighted by atomic mass is 35.5. The number of benzene rings is 2. The lowest BCUT2D eigenvalue weighted by atomic mass is 9.76. The number of aliphatic hydroxyl groups is 1. The third-order valence-electron chi connectivity index (χ3n) is 8.97. The number of fused-ring (bicyclic) bond motifs is 3. The predicted molar refractivity (Wildman–Crippen MR) is 138 cm³/mol. The smallest absolute Gasteiger partial charge is 0.369 e. The average molecular weight is 624 g/mol. The first-order valence-corrected chi connectivity index (χ1v) is 15.2. The fourth-order valence-electron chi connectivity index (χ4n) is 6.91. The zero-order valence-electron chi connectivity index (χ0n) is 21.7. The van der Waals surface area contributed by atoms with Crippen LogP contribution in [0.1, 0.15) is 61.6 Å². The molecule has 2 aliphatic carbocycles. The van der Waals surface area contributed by atoms with Crippen LogP contribution in [0.15, 0.2) is 47.4 Å². The Hall–Kier alpha value is -2.31. The van der Waals surface area contributed by atoms with Crippen LogP contribution in [0.2, 0.25) is 5.02 Å². The number of hydrogen-bond donors (Lipinski definition) is 1. The predicted octanol–water partition coefficient (Wildman–Crippen LogP) is 6.45. The monoisotopic (exact) mass is 623 g/mol. The molecular weight excluding hydrogens is 596 g/mol. The summed E-state index contributed by atoms with van der Waals surface area (Å²) >= 11 is 5.97. The molecule has 2 atom stereocenters. The van der Waals surface area contributed by atoms with Gasteiger partial charge in [0.2, 0.25) is 5.91 Å². The molecule has 1 heterocycles. The van der Waals surface area contributed by atoms with Crippen LogP contribution in [-0.4, -0.2) is 49.3 Å². The van der Waals surface area contributed by atoms with E-state index in [9.17, 15) is 44.7 Å².